The van der Waals surface area contributed by atoms with Crippen molar-refractivity contribution in [2.45, 2.75) is 52.3 Å². The Morgan fingerprint density at radius 1 is 1.11 bits per heavy atom. The number of ether oxygens (including phenoxy) is 3. The lowest BCUT2D eigenvalue weighted by Gasteiger charge is -2.32. The molecule has 2 atom stereocenters. The summed E-state index contributed by atoms with van der Waals surface area (Å²) in [6, 6.07) is 15.2. The van der Waals surface area contributed by atoms with Crippen molar-refractivity contribution in [3.63, 3.8) is 0 Å². The van der Waals surface area contributed by atoms with Gasteiger partial charge in [-0.3, -0.25) is 4.79 Å². The molecule has 1 heterocycles. The van der Waals surface area contributed by atoms with Gasteiger partial charge in [-0.25, -0.2) is 4.79 Å². The second-order valence-electron chi connectivity index (χ2n) is 9.65. The number of carbonyl (C=O) groups excluding carboxylic acids is 2. The fraction of sp³-hybridized carbons (Fsp3) is 0.517. The first-order valence-corrected chi connectivity index (χ1v) is 13.2. The molecule has 2 amide bonds. The van der Waals surface area contributed by atoms with E-state index in [1.165, 1.54) is 0 Å². The van der Waals surface area contributed by atoms with E-state index >= 15 is 0 Å². The van der Waals surface area contributed by atoms with Crippen molar-refractivity contribution in [1.29, 1.82) is 0 Å². The van der Waals surface area contributed by atoms with Crippen molar-refractivity contribution < 1.29 is 23.8 Å². The molecule has 0 saturated carbocycles. The van der Waals surface area contributed by atoms with Gasteiger partial charge < -0.3 is 29.7 Å². The molecule has 0 bridgehead atoms. The van der Waals surface area contributed by atoms with E-state index in [0.29, 0.717) is 38.4 Å². The van der Waals surface area contributed by atoms with Crippen LogP contribution in [0.2, 0.25) is 0 Å². The van der Waals surface area contributed by atoms with E-state index in [1.807, 2.05) is 67.3 Å². The van der Waals surface area contributed by atoms with Gasteiger partial charge in [-0.2, -0.15) is 0 Å². The largest absolute Gasteiger partial charge is 0.493 e. The first-order chi connectivity index (χ1) is 17.9. The molecule has 3 rings (SSSR count). The van der Waals surface area contributed by atoms with Crippen molar-refractivity contribution in [3.8, 4) is 5.75 Å². The minimum atomic E-state index is -0.449. The Balaban J connectivity index is 1.63. The summed E-state index contributed by atoms with van der Waals surface area (Å²) in [4.78, 5) is 27.9. The summed E-state index contributed by atoms with van der Waals surface area (Å²) in [5.74, 6) is 0.767. The van der Waals surface area contributed by atoms with Crippen LogP contribution in [0.3, 0.4) is 0 Å². The molecule has 2 N–H and O–H groups in total. The minimum absolute atomic E-state index is 0.00398. The molecule has 8 nitrogen and oxygen atoms in total. The molecule has 1 aliphatic rings. The highest BCUT2D eigenvalue weighted by Gasteiger charge is 2.33. The number of hydrogen-bond acceptors (Lipinski definition) is 6. The number of hydrogen-bond donors (Lipinski definition) is 2. The van der Waals surface area contributed by atoms with E-state index in [1.54, 1.807) is 7.11 Å². The molecule has 1 fully saturated rings. The van der Waals surface area contributed by atoms with E-state index in [2.05, 4.69) is 17.6 Å². The molecular weight excluding hydrogens is 470 g/mol. The number of nitrogens with one attached hydrogen (secondary N) is 2. The molecule has 0 aliphatic carbocycles. The van der Waals surface area contributed by atoms with Gasteiger partial charge >= 0.3 is 6.09 Å². The number of benzene rings is 2. The smallest absolute Gasteiger partial charge is 0.407 e. The molecule has 8 heteroatoms. The van der Waals surface area contributed by atoms with Crippen LogP contribution in [0.4, 0.5) is 4.79 Å². The first-order valence-electron chi connectivity index (χ1n) is 13.2. The average Bonchev–Trinajstić information content (AvgIpc) is 3.34. The van der Waals surface area contributed by atoms with Crippen molar-refractivity contribution in [1.82, 2.24) is 15.5 Å². The Bertz CT molecular complexity index is 998. The van der Waals surface area contributed by atoms with Crippen LogP contribution in [0.15, 0.2) is 48.5 Å². The topological polar surface area (TPSA) is 89.1 Å². The minimum Gasteiger partial charge on any atom is -0.493 e. The number of methoxy groups -OCH3 is 1. The maximum atomic E-state index is 13.6. The predicted molar refractivity (Wildman–Crippen MR) is 144 cm³/mol. The summed E-state index contributed by atoms with van der Waals surface area (Å²) < 4.78 is 16.5. The maximum Gasteiger partial charge on any atom is 0.407 e. The number of carbonyl (C=O) groups is 2. The number of nitrogens with zero attached hydrogens (tertiary/aromatic N) is 1. The van der Waals surface area contributed by atoms with Gasteiger partial charge in [0, 0.05) is 57.3 Å². The van der Waals surface area contributed by atoms with E-state index < -0.39 is 6.09 Å². The molecule has 0 spiro atoms. The molecule has 37 heavy (non-hydrogen) atoms. The summed E-state index contributed by atoms with van der Waals surface area (Å²) >= 11 is 0. The Kier molecular flexibility index (Phi) is 11.2. The van der Waals surface area contributed by atoms with Crippen LogP contribution < -0.4 is 15.4 Å². The second kappa shape index (κ2) is 14.6. The Morgan fingerprint density at radius 3 is 2.59 bits per heavy atom. The summed E-state index contributed by atoms with van der Waals surface area (Å²) in [6.07, 6.45) is 1.16. The van der Waals surface area contributed by atoms with Gasteiger partial charge in [-0.15, -0.1) is 0 Å². The number of aryl methyl sites for hydroxylation is 1. The van der Waals surface area contributed by atoms with Gasteiger partial charge in [0.25, 0.3) is 5.91 Å². The summed E-state index contributed by atoms with van der Waals surface area (Å²) in [5, 5.41) is 6.33. The maximum absolute atomic E-state index is 13.6. The van der Waals surface area contributed by atoms with E-state index in [0.717, 1.165) is 29.7 Å². The standard InChI is InChI=1S/C29H41N3O5/c1-5-23-12-13-24(16-27(23)36-15-9-14-35-4)28(33)32(21(2)3)19-25-17-30-18-26(25)31-29(34)37-20-22-10-7-6-8-11-22/h6-8,10-13,16,21,25-26,30H,5,9,14-15,17-20H2,1-4H3,(H,31,34)/t25-,26-/m1/s1. The molecule has 1 saturated heterocycles. The fourth-order valence-corrected chi connectivity index (χ4v) is 4.46. The molecular formula is C29H41N3O5. The zero-order valence-corrected chi connectivity index (χ0v) is 22.5. The van der Waals surface area contributed by atoms with Crippen LogP contribution in [0.25, 0.3) is 0 Å². The van der Waals surface area contributed by atoms with Crippen LogP contribution in [-0.2, 0) is 22.5 Å². The van der Waals surface area contributed by atoms with Crippen LogP contribution in [-0.4, -0.2) is 68.9 Å². The number of rotatable bonds is 13. The number of alkyl carbamates (subject to hydrolysis) is 1. The highest BCUT2D eigenvalue weighted by Crippen LogP contribution is 2.24. The Labute approximate surface area is 220 Å². The van der Waals surface area contributed by atoms with Crippen LogP contribution >= 0.6 is 0 Å². The zero-order valence-electron chi connectivity index (χ0n) is 22.5. The van der Waals surface area contributed by atoms with Crippen LogP contribution in [0, 0.1) is 5.92 Å². The van der Waals surface area contributed by atoms with Gasteiger partial charge in [0.05, 0.1) is 12.6 Å². The van der Waals surface area contributed by atoms with E-state index in [4.69, 9.17) is 14.2 Å². The fourth-order valence-electron chi connectivity index (χ4n) is 4.46. The third kappa shape index (κ3) is 8.47. The predicted octanol–water partition coefficient (Wildman–Crippen LogP) is 4.03. The average molecular weight is 512 g/mol. The number of amides is 2. The molecule has 0 aromatic heterocycles. The van der Waals surface area contributed by atoms with Gasteiger partial charge in [0.1, 0.15) is 12.4 Å². The quantitative estimate of drug-likeness (QED) is 0.395. The second-order valence-corrected chi connectivity index (χ2v) is 9.65. The highest BCUT2D eigenvalue weighted by atomic mass is 16.5. The molecule has 2 aromatic rings. The normalized spacial score (nSPS) is 17.0. The lowest BCUT2D eigenvalue weighted by atomic mass is 10.0. The molecule has 0 radical (unpaired) electrons. The van der Waals surface area contributed by atoms with E-state index in [-0.39, 0.29) is 30.5 Å². The molecule has 0 unspecified atom stereocenters. The third-order valence-corrected chi connectivity index (χ3v) is 6.62. The van der Waals surface area contributed by atoms with Gasteiger partial charge in [-0.05, 0) is 43.5 Å². The van der Waals surface area contributed by atoms with E-state index in [9.17, 15) is 9.59 Å². The monoisotopic (exact) mass is 511 g/mol. The molecule has 2 aromatic carbocycles. The highest BCUT2D eigenvalue weighted by molar-refractivity contribution is 5.95. The SMILES string of the molecule is CCc1ccc(C(=O)N(C[C@H]2CNC[C@H]2NC(=O)OCc2ccccc2)C(C)C)cc1OCCCOC. The first kappa shape index (κ1) is 28.5. The van der Waals surface area contributed by atoms with Crippen LogP contribution in [0.5, 0.6) is 5.75 Å². The van der Waals surface area contributed by atoms with Gasteiger partial charge in [0.2, 0.25) is 0 Å². The summed E-state index contributed by atoms with van der Waals surface area (Å²) in [6.45, 7) is 9.35. The van der Waals surface area contributed by atoms with Crippen molar-refractivity contribution in [2.24, 2.45) is 5.92 Å². The van der Waals surface area contributed by atoms with Crippen molar-refractivity contribution >= 4 is 12.0 Å². The van der Waals surface area contributed by atoms with Crippen molar-refractivity contribution in [2.75, 3.05) is 40.0 Å². The lowest BCUT2D eigenvalue weighted by molar-refractivity contribution is 0.0666. The summed E-state index contributed by atoms with van der Waals surface area (Å²) in [7, 11) is 1.67. The summed E-state index contributed by atoms with van der Waals surface area (Å²) in [5.41, 5.74) is 2.61. The third-order valence-electron chi connectivity index (χ3n) is 6.62. The van der Waals surface area contributed by atoms with Gasteiger partial charge in [-0.1, -0.05) is 43.3 Å². The zero-order chi connectivity index (χ0) is 26.6. The van der Waals surface area contributed by atoms with Crippen molar-refractivity contribution in [3.05, 3.63) is 65.2 Å². The Morgan fingerprint density at radius 2 is 1.89 bits per heavy atom. The Hall–Kier alpha value is -3.10. The lowest BCUT2D eigenvalue weighted by Crippen LogP contribution is -2.47. The molecule has 202 valence electrons. The van der Waals surface area contributed by atoms with Crippen LogP contribution in [0.1, 0.15) is 48.7 Å². The molecule has 1 aliphatic heterocycles. The van der Waals surface area contributed by atoms with Gasteiger partial charge in [0.15, 0.2) is 0 Å².